The van der Waals surface area contributed by atoms with Crippen molar-refractivity contribution in [1.82, 2.24) is 30.1 Å². The van der Waals surface area contributed by atoms with Gasteiger partial charge < -0.3 is 24.5 Å². The van der Waals surface area contributed by atoms with Crippen LogP contribution in [-0.4, -0.2) is 74.3 Å². The molecule has 2 aromatic heterocycles. The molecule has 1 aliphatic heterocycles. The van der Waals surface area contributed by atoms with E-state index in [9.17, 15) is 18.8 Å². The third-order valence-electron chi connectivity index (χ3n) is 8.62. The molecule has 4 N–H and O–H groups in total. The van der Waals surface area contributed by atoms with Crippen LogP contribution < -0.4 is 21.1 Å². The molecule has 3 amide bonds. The Kier molecular flexibility index (Phi) is 12.9. The molecule has 0 aliphatic carbocycles. The highest BCUT2D eigenvalue weighted by atomic mass is 19.1. The number of pyridine rings is 1. The molecule has 0 unspecified atom stereocenters. The third kappa shape index (κ3) is 11.7. The number of piperidine rings is 1. The SMILES string of the molecule is CC(C)(C)OC(=O)NC(=NCCn1c(CN2CCC(c3cccc(OCc4ccc(C#N)cc4F)n3)CC2)nc2ccc(C(N)=O)cc21)NC(=O)OC(C)(C)C. The number of nitrogens with two attached hydrogens (primary N) is 1. The molecule has 0 radical (unpaired) electrons. The van der Waals surface area contributed by atoms with E-state index in [0.717, 1.165) is 37.4 Å². The van der Waals surface area contributed by atoms with Crippen LogP contribution in [0.25, 0.3) is 11.0 Å². The number of primary amides is 1. The molecule has 0 bridgehead atoms. The van der Waals surface area contributed by atoms with Gasteiger partial charge in [-0.05, 0) is 104 Å². The summed E-state index contributed by atoms with van der Waals surface area (Å²) in [4.78, 5) is 53.7. The fourth-order valence-corrected chi connectivity index (χ4v) is 6.08. The minimum absolute atomic E-state index is 0.0124. The number of rotatable bonds is 10. The molecule has 15 nitrogen and oxygen atoms in total. The Morgan fingerprint density at radius 3 is 2.25 bits per heavy atom. The molecular formula is C40H48FN9O6. The molecule has 56 heavy (non-hydrogen) atoms. The van der Waals surface area contributed by atoms with Crippen molar-refractivity contribution in [3.05, 3.63) is 88.6 Å². The number of aliphatic imine (C=N–C) groups is 1. The number of nitrogens with zero attached hydrogens (tertiary/aromatic N) is 6. The maximum absolute atomic E-state index is 14.4. The van der Waals surface area contributed by atoms with Gasteiger partial charge in [0.25, 0.3) is 0 Å². The van der Waals surface area contributed by atoms with Crippen molar-refractivity contribution in [1.29, 1.82) is 5.26 Å². The predicted octanol–water partition coefficient (Wildman–Crippen LogP) is 5.90. The van der Waals surface area contributed by atoms with Crippen LogP contribution in [0, 0.1) is 17.1 Å². The molecule has 0 spiro atoms. The van der Waals surface area contributed by atoms with Crippen molar-refractivity contribution in [2.45, 2.75) is 91.2 Å². The van der Waals surface area contributed by atoms with Crippen molar-refractivity contribution in [3.63, 3.8) is 0 Å². The second kappa shape index (κ2) is 17.6. The molecule has 0 atom stereocenters. The fraction of sp³-hybridized carbons (Fsp3) is 0.425. The predicted molar refractivity (Wildman–Crippen MR) is 206 cm³/mol. The number of imidazole rings is 1. The minimum Gasteiger partial charge on any atom is -0.473 e. The number of fused-ring (bicyclic) bond motifs is 1. The number of hydrogen-bond donors (Lipinski definition) is 3. The molecule has 296 valence electrons. The van der Waals surface area contributed by atoms with E-state index in [-0.39, 0.29) is 37.1 Å². The third-order valence-corrected chi connectivity index (χ3v) is 8.62. The van der Waals surface area contributed by atoms with Gasteiger partial charge in [0.15, 0.2) is 0 Å². The fourth-order valence-electron chi connectivity index (χ4n) is 6.08. The van der Waals surface area contributed by atoms with Gasteiger partial charge in [0.2, 0.25) is 17.7 Å². The van der Waals surface area contributed by atoms with Crippen LogP contribution in [0.4, 0.5) is 14.0 Å². The number of nitrogens with one attached hydrogen (secondary N) is 2. The van der Waals surface area contributed by atoms with E-state index in [4.69, 9.17) is 35.2 Å². The van der Waals surface area contributed by atoms with E-state index in [1.165, 1.54) is 12.1 Å². The highest BCUT2D eigenvalue weighted by molar-refractivity contribution is 6.01. The first kappa shape index (κ1) is 41.1. The van der Waals surface area contributed by atoms with Crippen LogP contribution in [0.2, 0.25) is 0 Å². The number of carbonyl (C=O) groups is 3. The second-order valence-corrected chi connectivity index (χ2v) is 15.4. The number of benzene rings is 2. The lowest BCUT2D eigenvalue weighted by Gasteiger charge is -2.31. The normalized spacial score (nSPS) is 13.8. The molecular weight excluding hydrogens is 721 g/mol. The number of nitriles is 1. The molecule has 4 aromatic rings. The van der Waals surface area contributed by atoms with Crippen molar-refractivity contribution in [2.75, 3.05) is 19.6 Å². The zero-order chi connectivity index (χ0) is 40.6. The number of alkyl carbamates (subject to hydrolysis) is 2. The molecule has 16 heteroatoms. The van der Waals surface area contributed by atoms with Gasteiger partial charge in [-0.3, -0.25) is 25.3 Å². The summed E-state index contributed by atoms with van der Waals surface area (Å²) in [5.41, 5.74) is 7.20. The van der Waals surface area contributed by atoms with E-state index in [1.54, 1.807) is 71.9 Å². The summed E-state index contributed by atoms with van der Waals surface area (Å²) in [6.07, 6.45) is 0.0483. The number of amides is 3. The number of hydrogen-bond acceptors (Lipinski definition) is 11. The summed E-state index contributed by atoms with van der Waals surface area (Å²) >= 11 is 0. The summed E-state index contributed by atoms with van der Waals surface area (Å²) in [6.45, 7) is 12.7. The summed E-state index contributed by atoms with van der Waals surface area (Å²) in [5, 5.41) is 14.0. The summed E-state index contributed by atoms with van der Waals surface area (Å²) in [5.74, 6) is 0.0881. The molecule has 1 saturated heterocycles. The van der Waals surface area contributed by atoms with Crippen LogP contribution in [-0.2, 0) is 29.2 Å². The van der Waals surface area contributed by atoms with Gasteiger partial charge >= 0.3 is 12.2 Å². The smallest absolute Gasteiger partial charge is 0.414 e. The summed E-state index contributed by atoms with van der Waals surface area (Å²) < 4.78 is 32.9. The summed E-state index contributed by atoms with van der Waals surface area (Å²) in [6, 6.07) is 16.9. The topological polar surface area (TPSA) is 199 Å². The van der Waals surface area contributed by atoms with Crippen molar-refractivity contribution in [3.8, 4) is 11.9 Å². The van der Waals surface area contributed by atoms with Crippen LogP contribution in [0.3, 0.4) is 0 Å². The van der Waals surface area contributed by atoms with Gasteiger partial charge in [-0.1, -0.05) is 12.1 Å². The quantitative estimate of drug-likeness (QED) is 0.129. The van der Waals surface area contributed by atoms with Crippen molar-refractivity contribution < 1.29 is 33.0 Å². The maximum atomic E-state index is 14.4. The number of likely N-dealkylation sites (tertiary alicyclic amines) is 1. The molecule has 5 rings (SSSR count). The molecule has 2 aromatic carbocycles. The Morgan fingerprint density at radius 2 is 1.64 bits per heavy atom. The number of ether oxygens (including phenoxy) is 3. The van der Waals surface area contributed by atoms with Gasteiger partial charge in [0, 0.05) is 35.3 Å². The second-order valence-electron chi connectivity index (χ2n) is 15.4. The van der Waals surface area contributed by atoms with Gasteiger partial charge in [-0.15, -0.1) is 0 Å². The zero-order valence-electron chi connectivity index (χ0n) is 32.5. The first-order chi connectivity index (χ1) is 26.5. The average molecular weight is 770 g/mol. The molecule has 1 fully saturated rings. The van der Waals surface area contributed by atoms with Gasteiger partial charge in [-0.25, -0.2) is 23.9 Å². The van der Waals surface area contributed by atoms with E-state index >= 15 is 0 Å². The van der Waals surface area contributed by atoms with E-state index in [2.05, 4.69) is 20.5 Å². The Labute approximate surface area is 325 Å². The molecule has 0 saturated carbocycles. The van der Waals surface area contributed by atoms with Crippen LogP contribution >= 0.6 is 0 Å². The van der Waals surface area contributed by atoms with E-state index in [1.807, 2.05) is 22.8 Å². The number of carbonyl (C=O) groups excluding carboxylic acids is 3. The standard InChI is InChI=1S/C40H48FN9O6/c1-39(2,3)55-37(52)47-36(48-38(53)56-40(4,5)6)44-16-19-50-32-21-27(35(43)51)12-13-31(32)45-33(50)23-49-17-14-26(15-18-49)30-8-7-9-34(46-30)54-24-28-11-10-25(22-42)20-29(28)41/h7-13,20-21,26H,14-19,23-24H2,1-6H3,(H2,43,51)(H2,44,47,48,52,53). The first-order valence-corrected chi connectivity index (χ1v) is 18.3. The largest absolute Gasteiger partial charge is 0.473 e. The van der Waals surface area contributed by atoms with Crippen molar-refractivity contribution in [2.24, 2.45) is 10.7 Å². The molecule has 3 heterocycles. The first-order valence-electron chi connectivity index (χ1n) is 18.3. The number of aromatic nitrogens is 3. The van der Waals surface area contributed by atoms with Crippen LogP contribution in [0.15, 0.2) is 59.6 Å². The maximum Gasteiger partial charge on any atom is 0.414 e. The Hall–Kier alpha value is -6.08. The highest BCUT2D eigenvalue weighted by Gasteiger charge is 2.25. The Morgan fingerprint density at radius 1 is 0.964 bits per heavy atom. The lowest BCUT2D eigenvalue weighted by atomic mass is 9.93. The number of halogens is 1. The van der Waals surface area contributed by atoms with Gasteiger partial charge in [-0.2, -0.15) is 5.26 Å². The average Bonchev–Trinajstić information content (AvgIpc) is 3.45. The Bertz CT molecular complexity index is 2110. The van der Waals surface area contributed by atoms with Gasteiger partial charge in [0.1, 0.15) is 29.5 Å². The lowest BCUT2D eigenvalue weighted by Crippen LogP contribution is -2.47. The van der Waals surface area contributed by atoms with Gasteiger partial charge in [0.05, 0.1) is 35.8 Å². The number of guanidine groups is 1. The summed E-state index contributed by atoms with van der Waals surface area (Å²) in [7, 11) is 0. The monoisotopic (exact) mass is 769 g/mol. The zero-order valence-corrected chi connectivity index (χ0v) is 32.5. The van der Waals surface area contributed by atoms with Crippen LogP contribution in [0.5, 0.6) is 5.88 Å². The lowest BCUT2D eigenvalue weighted by molar-refractivity contribution is 0.0544. The highest BCUT2D eigenvalue weighted by Crippen LogP contribution is 2.29. The minimum atomic E-state index is -0.802. The van der Waals surface area contributed by atoms with E-state index < -0.39 is 35.1 Å². The molecule has 1 aliphatic rings. The van der Waals surface area contributed by atoms with Crippen LogP contribution in [0.1, 0.15) is 93.3 Å². The van der Waals surface area contributed by atoms with E-state index in [0.29, 0.717) is 34.6 Å². The van der Waals surface area contributed by atoms with Crippen molar-refractivity contribution >= 4 is 35.1 Å². The Balaban J connectivity index is 1.28.